The van der Waals surface area contributed by atoms with E-state index in [0.717, 1.165) is 24.7 Å². The first kappa shape index (κ1) is 23.2. The zero-order valence-electron chi connectivity index (χ0n) is 15.7. The normalized spacial score (nSPS) is 15.7. The van der Waals surface area contributed by atoms with Gasteiger partial charge in [-0.1, -0.05) is 18.2 Å². The lowest BCUT2D eigenvalue weighted by molar-refractivity contribution is 0.340. The van der Waals surface area contributed by atoms with Gasteiger partial charge in [-0.25, -0.2) is 12.7 Å². The fraction of sp³-hybridized carbons (Fsp3) is 0.611. The zero-order valence-corrected chi connectivity index (χ0v) is 18.9. The van der Waals surface area contributed by atoms with Gasteiger partial charge in [-0.2, -0.15) is 0 Å². The summed E-state index contributed by atoms with van der Waals surface area (Å²) in [5.74, 6) is 1.04. The quantitative estimate of drug-likeness (QED) is 0.274. The van der Waals surface area contributed by atoms with Gasteiger partial charge in [0.2, 0.25) is 10.0 Å². The second-order valence-electron chi connectivity index (χ2n) is 6.32. The van der Waals surface area contributed by atoms with E-state index in [9.17, 15) is 8.42 Å². The Morgan fingerprint density at radius 2 is 1.85 bits per heavy atom. The summed E-state index contributed by atoms with van der Waals surface area (Å²) in [6.45, 7) is 4.81. The highest BCUT2D eigenvalue weighted by atomic mass is 127. The standard InChI is InChI=1S/C18H30N4O2S.HI/c1-3-25(23,24)21(2)14-10-13-19-18(22-15-8-5-9-16-22)20-17-11-6-4-7-12-17;/h4,6-7,11-12H,3,5,8-10,13-16H2,1-2H3,(H,19,20);1H. The molecule has 0 amide bonds. The highest BCUT2D eigenvalue weighted by Gasteiger charge is 2.16. The van der Waals surface area contributed by atoms with Crippen molar-refractivity contribution in [1.82, 2.24) is 9.21 Å². The number of sulfonamides is 1. The van der Waals surface area contributed by atoms with Gasteiger partial charge in [-0.05, 0) is 44.7 Å². The molecule has 0 aromatic heterocycles. The lowest BCUT2D eigenvalue weighted by Gasteiger charge is -2.30. The molecule has 6 nitrogen and oxygen atoms in total. The van der Waals surface area contributed by atoms with E-state index < -0.39 is 10.0 Å². The molecule has 1 N–H and O–H groups in total. The highest BCUT2D eigenvalue weighted by molar-refractivity contribution is 14.0. The molecule has 0 saturated carbocycles. The van der Waals surface area contributed by atoms with E-state index in [1.54, 1.807) is 14.0 Å². The summed E-state index contributed by atoms with van der Waals surface area (Å²) in [5.41, 5.74) is 1.03. The van der Waals surface area contributed by atoms with Crippen molar-refractivity contribution in [1.29, 1.82) is 0 Å². The smallest absolute Gasteiger partial charge is 0.213 e. The number of hydrogen-bond donors (Lipinski definition) is 1. The average Bonchev–Trinajstić information content (AvgIpc) is 2.65. The van der Waals surface area contributed by atoms with Crippen LogP contribution in [0.3, 0.4) is 0 Å². The van der Waals surface area contributed by atoms with Crippen molar-refractivity contribution in [2.45, 2.75) is 32.6 Å². The van der Waals surface area contributed by atoms with Crippen LogP contribution < -0.4 is 5.32 Å². The highest BCUT2D eigenvalue weighted by Crippen LogP contribution is 2.12. The molecule has 0 bridgehead atoms. The van der Waals surface area contributed by atoms with Crippen LogP contribution in [0.5, 0.6) is 0 Å². The molecular weight excluding hydrogens is 463 g/mol. The molecule has 1 aromatic carbocycles. The minimum absolute atomic E-state index is 0. The van der Waals surface area contributed by atoms with Crippen LogP contribution in [-0.4, -0.2) is 62.6 Å². The van der Waals surface area contributed by atoms with Crippen LogP contribution >= 0.6 is 24.0 Å². The van der Waals surface area contributed by atoms with Crippen molar-refractivity contribution in [3.05, 3.63) is 30.3 Å². The molecule has 1 aliphatic rings. The number of hydrogen-bond acceptors (Lipinski definition) is 3. The van der Waals surface area contributed by atoms with Crippen molar-refractivity contribution in [3.8, 4) is 0 Å². The summed E-state index contributed by atoms with van der Waals surface area (Å²) in [4.78, 5) is 7.03. The van der Waals surface area contributed by atoms with E-state index in [-0.39, 0.29) is 29.7 Å². The van der Waals surface area contributed by atoms with E-state index in [1.165, 1.54) is 23.6 Å². The molecule has 1 heterocycles. The number of nitrogens with one attached hydrogen (secondary N) is 1. The largest absolute Gasteiger partial charge is 0.343 e. The molecule has 26 heavy (non-hydrogen) atoms. The number of guanidine groups is 1. The third-order valence-corrected chi connectivity index (χ3v) is 6.28. The van der Waals surface area contributed by atoms with Crippen LogP contribution in [0.15, 0.2) is 35.3 Å². The maximum absolute atomic E-state index is 11.8. The molecule has 0 radical (unpaired) electrons. The molecule has 1 fully saturated rings. The van der Waals surface area contributed by atoms with Gasteiger partial charge in [-0.15, -0.1) is 24.0 Å². The molecule has 2 rings (SSSR count). The van der Waals surface area contributed by atoms with Crippen LogP contribution in [-0.2, 0) is 10.0 Å². The number of nitrogens with zero attached hydrogens (tertiary/aromatic N) is 3. The van der Waals surface area contributed by atoms with Crippen molar-refractivity contribution in [2.24, 2.45) is 4.99 Å². The molecule has 0 aliphatic carbocycles. The summed E-state index contributed by atoms with van der Waals surface area (Å²) in [7, 11) is -1.47. The Bertz CT molecular complexity index is 646. The molecule has 0 spiro atoms. The summed E-state index contributed by atoms with van der Waals surface area (Å²) >= 11 is 0. The third-order valence-electron chi connectivity index (χ3n) is 4.42. The zero-order chi connectivity index (χ0) is 18.1. The Morgan fingerprint density at radius 3 is 2.46 bits per heavy atom. The molecule has 148 valence electrons. The fourth-order valence-electron chi connectivity index (χ4n) is 2.81. The van der Waals surface area contributed by atoms with Crippen LogP contribution in [0.1, 0.15) is 32.6 Å². The van der Waals surface area contributed by atoms with E-state index in [0.29, 0.717) is 19.5 Å². The average molecular weight is 494 g/mol. The minimum atomic E-state index is -3.11. The predicted molar refractivity (Wildman–Crippen MR) is 120 cm³/mol. The van der Waals surface area contributed by atoms with E-state index in [2.05, 4.69) is 10.2 Å². The second kappa shape index (κ2) is 11.8. The summed E-state index contributed by atoms with van der Waals surface area (Å²) < 4.78 is 25.0. The Hall–Kier alpha value is -0.870. The Morgan fingerprint density at radius 1 is 1.19 bits per heavy atom. The number of likely N-dealkylation sites (tertiary alicyclic amines) is 1. The van der Waals surface area contributed by atoms with Crippen LogP contribution in [0.25, 0.3) is 0 Å². The number of piperidine rings is 1. The van der Waals surface area contributed by atoms with Gasteiger partial charge in [0.1, 0.15) is 0 Å². The first-order chi connectivity index (χ1) is 12.0. The fourth-order valence-corrected chi connectivity index (χ4v) is 3.66. The Balaban J connectivity index is 0.00000338. The van der Waals surface area contributed by atoms with Crippen molar-refractivity contribution in [2.75, 3.05) is 44.3 Å². The molecule has 8 heteroatoms. The van der Waals surface area contributed by atoms with Crippen molar-refractivity contribution < 1.29 is 8.42 Å². The van der Waals surface area contributed by atoms with Crippen LogP contribution in [0.4, 0.5) is 5.69 Å². The number of para-hydroxylation sites is 1. The van der Waals surface area contributed by atoms with E-state index in [1.807, 2.05) is 30.3 Å². The molecule has 1 aliphatic heterocycles. The lowest BCUT2D eigenvalue weighted by Crippen LogP contribution is -2.40. The second-order valence-corrected chi connectivity index (χ2v) is 8.68. The van der Waals surface area contributed by atoms with Gasteiger partial charge in [0.05, 0.1) is 5.75 Å². The first-order valence-corrected chi connectivity index (χ1v) is 10.7. The van der Waals surface area contributed by atoms with Gasteiger partial charge in [0.25, 0.3) is 0 Å². The van der Waals surface area contributed by atoms with Crippen molar-refractivity contribution in [3.63, 3.8) is 0 Å². The molecule has 1 aromatic rings. The summed E-state index contributed by atoms with van der Waals surface area (Å²) in [6, 6.07) is 10.1. The first-order valence-electron chi connectivity index (χ1n) is 9.08. The number of halogens is 1. The van der Waals surface area contributed by atoms with Crippen LogP contribution in [0.2, 0.25) is 0 Å². The molecular formula is C18H31IN4O2S. The lowest BCUT2D eigenvalue weighted by atomic mass is 10.1. The summed E-state index contributed by atoms with van der Waals surface area (Å²) in [6.07, 6.45) is 4.36. The number of anilines is 1. The molecule has 0 atom stereocenters. The number of aliphatic imine (C=N–C) groups is 1. The number of benzene rings is 1. The van der Waals surface area contributed by atoms with Gasteiger partial charge < -0.3 is 10.2 Å². The van der Waals surface area contributed by atoms with E-state index >= 15 is 0 Å². The van der Waals surface area contributed by atoms with Crippen LogP contribution in [0, 0.1) is 0 Å². The van der Waals surface area contributed by atoms with Gasteiger partial charge >= 0.3 is 0 Å². The minimum Gasteiger partial charge on any atom is -0.343 e. The molecule has 1 saturated heterocycles. The SMILES string of the molecule is CCS(=O)(=O)N(C)CCCN=C(Nc1ccccc1)N1CCCCC1.I. The van der Waals surface area contributed by atoms with Gasteiger partial charge in [0.15, 0.2) is 5.96 Å². The van der Waals surface area contributed by atoms with Crippen molar-refractivity contribution >= 4 is 45.6 Å². The Kier molecular flexibility index (Phi) is 10.5. The van der Waals surface area contributed by atoms with E-state index in [4.69, 9.17) is 4.99 Å². The maximum atomic E-state index is 11.8. The topological polar surface area (TPSA) is 65.0 Å². The maximum Gasteiger partial charge on any atom is 0.213 e. The summed E-state index contributed by atoms with van der Waals surface area (Å²) in [5, 5.41) is 3.42. The number of rotatable bonds is 7. The monoisotopic (exact) mass is 494 g/mol. The predicted octanol–water partition coefficient (Wildman–Crippen LogP) is 3.23. The van der Waals surface area contributed by atoms with Gasteiger partial charge in [-0.3, -0.25) is 4.99 Å². The molecule has 0 unspecified atom stereocenters. The Labute approximate surface area is 175 Å². The van der Waals surface area contributed by atoms with Gasteiger partial charge in [0, 0.05) is 38.9 Å². The third kappa shape index (κ3) is 7.40.